The van der Waals surface area contributed by atoms with Gasteiger partial charge in [-0.05, 0) is 61.0 Å². The van der Waals surface area contributed by atoms with E-state index in [0.29, 0.717) is 35.1 Å². The number of benzene rings is 2. The van der Waals surface area contributed by atoms with Crippen LogP contribution >= 0.6 is 0 Å². The monoisotopic (exact) mass is 474 g/mol. The number of carbonyl (C=O) groups excluding carboxylic acids is 1. The molecule has 3 heterocycles. The molecule has 0 radical (unpaired) electrons. The first-order valence-electron chi connectivity index (χ1n) is 11.0. The van der Waals surface area contributed by atoms with Crippen LogP contribution in [0.25, 0.3) is 11.0 Å². The molecule has 0 saturated carbocycles. The molecule has 0 unspecified atom stereocenters. The van der Waals surface area contributed by atoms with Crippen LogP contribution < -0.4 is 30.8 Å². The van der Waals surface area contributed by atoms with Crippen molar-refractivity contribution in [2.75, 3.05) is 18.7 Å². The molecule has 1 amide bonds. The molecule has 1 aliphatic rings. The summed E-state index contributed by atoms with van der Waals surface area (Å²) in [6.07, 6.45) is 1.48. The lowest BCUT2D eigenvalue weighted by Crippen LogP contribution is -2.42. The first-order chi connectivity index (χ1) is 17.0. The van der Waals surface area contributed by atoms with Crippen molar-refractivity contribution in [3.05, 3.63) is 87.2 Å². The van der Waals surface area contributed by atoms with Gasteiger partial charge in [-0.3, -0.25) is 18.7 Å². The maximum Gasteiger partial charge on any atom is 0.332 e. The van der Waals surface area contributed by atoms with Gasteiger partial charge in [-0.25, -0.2) is 9.78 Å². The van der Waals surface area contributed by atoms with Gasteiger partial charge in [0.1, 0.15) is 12.3 Å². The van der Waals surface area contributed by atoms with Gasteiger partial charge >= 0.3 is 5.69 Å². The minimum atomic E-state index is -0.616. The van der Waals surface area contributed by atoms with Crippen LogP contribution in [0, 0.1) is 0 Å². The minimum Gasteiger partial charge on any atom is -0.494 e. The first-order valence-corrected chi connectivity index (χ1v) is 11.0. The molecule has 0 aliphatic carbocycles. The zero-order valence-electron chi connectivity index (χ0n) is 18.9. The van der Waals surface area contributed by atoms with Crippen molar-refractivity contribution >= 4 is 22.6 Å². The summed E-state index contributed by atoms with van der Waals surface area (Å²) in [7, 11) is 0. The minimum absolute atomic E-state index is 0.0126. The van der Waals surface area contributed by atoms with Crippen LogP contribution in [0.5, 0.6) is 17.2 Å². The van der Waals surface area contributed by atoms with Crippen molar-refractivity contribution in [1.82, 2.24) is 14.1 Å². The van der Waals surface area contributed by atoms with Crippen molar-refractivity contribution in [3.63, 3.8) is 0 Å². The summed E-state index contributed by atoms with van der Waals surface area (Å²) >= 11 is 0. The summed E-state index contributed by atoms with van der Waals surface area (Å²) in [6, 6.07) is 15.3. The van der Waals surface area contributed by atoms with E-state index in [1.54, 1.807) is 54.6 Å². The molecule has 0 spiro atoms. The predicted molar refractivity (Wildman–Crippen MR) is 128 cm³/mol. The van der Waals surface area contributed by atoms with Gasteiger partial charge in [0.25, 0.3) is 5.56 Å². The summed E-state index contributed by atoms with van der Waals surface area (Å²) in [6.45, 7) is 2.24. The van der Waals surface area contributed by atoms with Crippen molar-refractivity contribution in [3.8, 4) is 17.2 Å². The zero-order chi connectivity index (χ0) is 24.4. The van der Waals surface area contributed by atoms with Crippen LogP contribution in [0.2, 0.25) is 0 Å². The third kappa shape index (κ3) is 4.45. The lowest BCUT2D eigenvalue weighted by Gasteiger charge is -2.14. The molecular formula is C25H22N4O6. The van der Waals surface area contributed by atoms with Crippen molar-refractivity contribution in [2.24, 2.45) is 0 Å². The largest absolute Gasteiger partial charge is 0.494 e. The number of anilines is 1. The first kappa shape index (κ1) is 22.2. The molecule has 2 aromatic carbocycles. The average Bonchev–Trinajstić information content (AvgIpc) is 3.34. The van der Waals surface area contributed by atoms with Gasteiger partial charge in [0.05, 0.1) is 18.7 Å². The molecule has 178 valence electrons. The Morgan fingerprint density at radius 2 is 1.86 bits per heavy atom. The number of pyridine rings is 1. The number of amides is 1. The van der Waals surface area contributed by atoms with E-state index in [9.17, 15) is 14.4 Å². The van der Waals surface area contributed by atoms with Gasteiger partial charge in [-0.15, -0.1) is 0 Å². The maximum atomic E-state index is 13.4. The fraction of sp³-hybridized carbons (Fsp3) is 0.200. The summed E-state index contributed by atoms with van der Waals surface area (Å²) in [5.41, 5.74) is 0.464. The highest BCUT2D eigenvalue weighted by Crippen LogP contribution is 2.32. The van der Waals surface area contributed by atoms with E-state index in [-0.39, 0.29) is 30.9 Å². The standard InChI is InChI=1S/C25H22N4O6/c1-2-33-18-8-6-17(7-9-18)27-22(30)14-28-19-4-3-11-26-23(19)24(31)29(25(28)32)13-16-5-10-20-21(12-16)35-15-34-20/h3-12H,2,13-15H2,1H3,(H,27,30). The summed E-state index contributed by atoms with van der Waals surface area (Å²) in [5, 5.41) is 2.77. The summed E-state index contributed by atoms with van der Waals surface area (Å²) in [5.74, 6) is 1.42. The molecule has 2 aromatic heterocycles. The topological polar surface area (TPSA) is 114 Å². The SMILES string of the molecule is CCOc1ccc(NC(=O)Cn2c(=O)n(Cc3ccc4c(c3)OCO4)c(=O)c3ncccc32)cc1. The zero-order valence-corrected chi connectivity index (χ0v) is 18.9. The summed E-state index contributed by atoms with van der Waals surface area (Å²) < 4.78 is 18.4. The number of hydrogen-bond donors (Lipinski definition) is 1. The molecule has 5 rings (SSSR count). The lowest BCUT2D eigenvalue weighted by atomic mass is 10.2. The molecule has 0 saturated heterocycles. The fourth-order valence-corrected chi connectivity index (χ4v) is 3.90. The molecule has 10 nitrogen and oxygen atoms in total. The maximum absolute atomic E-state index is 13.4. The van der Waals surface area contributed by atoms with E-state index < -0.39 is 17.2 Å². The van der Waals surface area contributed by atoms with E-state index in [2.05, 4.69) is 10.3 Å². The highest BCUT2D eigenvalue weighted by atomic mass is 16.7. The number of rotatable bonds is 7. The summed E-state index contributed by atoms with van der Waals surface area (Å²) in [4.78, 5) is 43.5. The van der Waals surface area contributed by atoms with Gasteiger partial charge < -0.3 is 19.5 Å². The molecule has 35 heavy (non-hydrogen) atoms. The second-order valence-electron chi connectivity index (χ2n) is 7.82. The average molecular weight is 474 g/mol. The van der Waals surface area contributed by atoms with E-state index in [1.807, 2.05) is 6.92 Å². The van der Waals surface area contributed by atoms with Gasteiger partial charge in [0.15, 0.2) is 17.0 Å². The Labute approximate surface area is 199 Å². The Kier molecular flexibility index (Phi) is 5.92. The molecule has 1 N–H and O–H groups in total. The Morgan fingerprint density at radius 1 is 1.06 bits per heavy atom. The Bertz CT molecular complexity index is 1520. The highest BCUT2D eigenvalue weighted by Gasteiger charge is 2.18. The van der Waals surface area contributed by atoms with Crippen LogP contribution in [0.3, 0.4) is 0 Å². The molecular weight excluding hydrogens is 452 g/mol. The molecule has 1 aliphatic heterocycles. The number of aromatic nitrogens is 3. The number of fused-ring (bicyclic) bond motifs is 2. The van der Waals surface area contributed by atoms with Crippen molar-refractivity contribution in [1.29, 1.82) is 0 Å². The Balaban J connectivity index is 1.47. The molecule has 0 atom stereocenters. The van der Waals surface area contributed by atoms with Gasteiger partial charge in [-0.2, -0.15) is 0 Å². The number of nitrogens with one attached hydrogen (secondary N) is 1. The van der Waals surface area contributed by atoms with E-state index >= 15 is 0 Å². The van der Waals surface area contributed by atoms with Gasteiger partial charge in [0, 0.05) is 11.9 Å². The molecule has 0 fully saturated rings. The van der Waals surface area contributed by atoms with Crippen molar-refractivity contribution in [2.45, 2.75) is 20.0 Å². The second-order valence-corrected chi connectivity index (χ2v) is 7.82. The number of hydrogen-bond acceptors (Lipinski definition) is 7. The molecule has 4 aromatic rings. The Hall–Kier alpha value is -4.60. The predicted octanol–water partition coefficient (Wildman–Crippen LogP) is 2.37. The van der Waals surface area contributed by atoms with Gasteiger partial charge in [0.2, 0.25) is 12.7 Å². The van der Waals surface area contributed by atoms with E-state index in [1.165, 1.54) is 10.8 Å². The van der Waals surface area contributed by atoms with Crippen LogP contribution in [0.15, 0.2) is 70.4 Å². The van der Waals surface area contributed by atoms with Crippen LogP contribution in [-0.2, 0) is 17.9 Å². The van der Waals surface area contributed by atoms with E-state index in [0.717, 1.165) is 4.57 Å². The second kappa shape index (κ2) is 9.34. The van der Waals surface area contributed by atoms with Crippen LogP contribution in [0.1, 0.15) is 12.5 Å². The third-order valence-corrected chi connectivity index (χ3v) is 5.52. The third-order valence-electron chi connectivity index (χ3n) is 5.52. The highest BCUT2D eigenvalue weighted by molar-refractivity contribution is 5.91. The normalized spacial score (nSPS) is 12.0. The fourth-order valence-electron chi connectivity index (χ4n) is 3.90. The number of carbonyl (C=O) groups is 1. The van der Waals surface area contributed by atoms with Crippen LogP contribution in [-0.4, -0.2) is 33.4 Å². The van der Waals surface area contributed by atoms with Gasteiger partial charge in [-0.1, -0.05) is 6.07 Å². The number of ether oxygens (including phenoxy) is 3. The van der Waals surface area contributed by atoms with Crippen molar-refractivity contribution < 1.29 is 19.0 Å². The lowest BCUT2D eigenvalue weighted by molar-refractivity contribution is -0.116. The van der Waals surface area contributed by atoms with Crippen LogP contribution in [0.4, 0.5) is 5.69 Å². The smallest absolute Gasteiger partial charge is 0.332 e. The molecule has 10 heteroatoms. The van der Waals surface area contributed by atoms with E-state index in [4.69, 9.17) is 14.2 Å². The Morgan fingerprint density at radius 3 is 2.66 bits per heavy atom. The quantitative estimate of drug-likeness (QED) is 0.437. The number of nitrogens with zero attached hydrogens (tertiary/aromatic N) is 3. The molecule has 0 bridgehead atoms.